The standard InChI is InChI=1S/C14H20N2O3/c17-14-2-1-12(15-3-7-18-8-4-15)11-13(14)16-5-9-19-10-6-16/h1-2,11,17H,3-10H2. The van der Waals surface area contributed by atoms with Crippen molar-refractivity contribution in [2.24, 2.45) is 0 Å². The fraction of sp³-hybridized carbons (Fsp3) is 0.571. The first-order chi connectivity index (χ1) is 9.34. The minimum absolute atomic E-state index is 0.346. The zero-order valence-corrected chi connectivity index (χ0v) is 11.0. The lowest BCUT2D eigenvalue weighted by Crippen LogP contribution is -2.37. The first-order valence-electron chi connectivity index (χ1n) is 6.83. The second-order valence-corrected chi connectivity index (χ2v) is 4.87. The average molecular weight is 264 g/mol. The molecule has 5 nitrogen and oxygen atoms in total. The Morgan fingerprint density at radius 2 is 1.42 bits per heavy atom. The van der Waals surface area contributed by atoms with Crippen LogP contribution in [0.15, 0.2) is 18.2 Å². The van der Waals surface area contributed by atoms with Gasteiger partial charge in [0.1, 0.15) is 5.75 Å². The molecule has 2 aliphatic rings. The average Bonchev–Trinajstić information content (AvgIpc) is 2.49. The van der Waals surface area contributed by atoms with Gasteiger partial charge in [0, 0.05) is 31.9 Å². The highest BCUT2D eigenvalue weighted by atomic mass is 16.5. The maximum atomic E-state index is 10.1. The number of rotatable bonds is 2. The Labute approximate surface area is 113 Å². The molecule has 104 valence electrons. The number of phenolic OH excluding ortho intramolecular Hbond substituents is 1. The van der Waals surface area contributed by atoms with Gasteiger partial charge < -0.3 is 24.4 Å². The van der Waals surface area contributed by atoms with Crippen molar-refractivity contribution >= 4 is 11.4 Å². The summed E-state index contributed by atoms with van der Waals surface area (Å²) in [7, 11) is 0. The van der Waals surface area contributed by atoms with Gasteiger partial charge in [0.05, 0.1) is 32.1 Å². The Balaban J connectivity index is 1.82. The molecule has 5 heteroatoms. The van der Waals surface area contributed by atoms with E-state index in [0.29, 0.717) is 5.75 Å². The Bertz CT molecular complexity index is 427. The number of hydrogen-bond acceptors (Lipinski definition) is 5. The minimum atomic E-state index is 0.346. The van der Waals surface area contributed by atoms with Crippen molar-refractivity contribution < 1.29 is 14.6 Å². The number of phenols is 1. The summed E-state index contributed by atoms with van der Waals surface area (Å²) in [4.78, 5) is 4.48. The zero-order chi connectivity index (χ0) is 13.1. The minimum Gasteiger partial charge on any atom is -0.506 e. The molecule has 0 radical (unpaired) electrons. The lowest BCUT2D eigenvalue weighted by Gasteiger charge is -2.32. The quantitative estimate of drug-likeness (QED) is 0.865. The van der Waals surface area contributed by atoms with Gasteiger partial charge >= 0.3 is 0 Å². The number of hydrogen-bond donors (Lipinski definition) is 1. The van der Waals surface area contributed by atoms with Crippen LogP contribution in [0.25, 0.3) is 0 Å². The van der Waals surface area contributed by atoms with Crippen molar-refractivity contribution in [2.45, 2.75) is 0 Å². The molecule has 0 unspecified atom stereocenters. The molecule has 0 amide bonds. The summed E-state index contributed by atoms with van der Waals surface area (Å²) in [6.45, 7) is 6.48. The van der Waals surface area contributed by atoms with Crippen molar-refractivity contribution in [2.75, 3.05) is 62.4 Å². The van der Waals surface area contributed by atoms with Crippen LogP contribution in [0.4, 0.5) is 11.4 Å². The van der Waals surface area contributed by atoms with E-state index in [4.69, 9.17) is 9.47 Å². The van der Waals surface area contributed by atoms with Crippen LogP contribution in [-0.2, 0) is 9.47 Å². The van der Waals surface area contributed by atoms with Crippen LogP contribution in [-0.4, -0.2) is 57.7 Å². The summed E-state index contributed by atoms with van der Waals surface area (Å²) in [5, 5.41) is 10.1. The third-order valence-corrected chi connectivity index (χ3v) is 3.69. The SMILES string of the molecule is Oc1ccc(N2CCOCC2)cc1N1CCOCC1. The molecule has 2 saturated heterocycles. The van der Waals surface area contributed by atoms with E-state index in [-0.39, 0.29) is 0 Å². The van der Waals surface area contributed by atoms with Crippen molar-refractivity contribution in [3.63, 3.8) is 0 Å². The second kappa shape index (κ2) is 5.67. The molecule has 0 aromatic heterocycles. The van der Waals surface area contributed by atoms with Crippen LogP contribution in [0.2, 0.25) is 0 Å². The number of morpholine rings is 2. The molecule has 0 saturated carbocycles. The van der Waals surface area contributed by atoms with Gasteiger partial charge in [0.25, 0.3) is 0 Å². The van der Waals surface area contributed by atoms with E-state index in [9.17, 15) is 5.11 Å². The van der Waals surface area contributed by atoms with Crippen LogP contribution < -0.4 is 9.80 Å². The van der Waals surface area contributed by atoms with Crippen LogP contribution in [0.3, 0.4) is 0 Å². The van der Waals surface area contributed by atoms with Gasteiger partial charge in [-0.15, -0.1) is 0 Å². The van der Waals surface area contributed by atoms with Crippen LogP contribution in [0.5, 0.6) is 5.75 Å². The second-order valence-electron chi connectivity index (χ2n) is 4.87. The normalized spacial score (nSPS) is 20.6. The van der Waals surface area contributed by atoms with Crippen LogP contribution >= 0.6 is 0 Å². The molecule has 0 bridgehead atoms. The molecule has 2 aliphatic heterocycles. The van der Waals surface area contributed by atoms with Gasteiger partial charge in [-0.3, -0.25) is 0 Å². The maximum Gasteiger partial charge on any atom is 0.139 e. The van der Waals surface area contributed by atoms with E-state index in [0.717, 1.165) is 64.0 Å². The topological polar surface area (TPSA) is 45.2 Å². The van der Waals surface area contributed by atoms with Gasteiger partial charge in [-0.1, -0.05) is 0 Å². The van der Waals surface area contributed by atoms with E-state index in [1.54, 1.807) is 6.07 Å². The summed E-state index contributed by atoms with van der Waals surface area (Å²) in [5.41, 5.74) is 2.06. The highest BCUT2D eigenvalue weighted by Gasteiger charge is 2.18. The Morgan fingerprint density at radius 3 is 2.05 bits per heavy atom. The number of anilines is 2. The van der Waals surface area contributed by atoms with Gasteiger partial charge in [0.15, 0.2) is 0 Å². The predicted molar refractivity (Wildman–Crippen MR) is 74.2 cm³/mol. The molecule has 1 N–H and O–H groups in total. The molecule has 19 heavy (non-hydrogen) atoms. The fourth-order valence-electron chi connectivity index (χ4n) is 2.59. The number of aromatic hydroxyl groups is 1. The Hall–Kier alpha value is -1.46. The lowest BCUT2D eigenvalue weighted by molar-refractivity contribution is 0.122. The molecule has 3 rings (SSSR count). The Kier molecular flexibility index (Phi) is 3.75. The lowest BCUT2D eigenvalue weighted by atomic mass is 10.2. The van der Waals surface area contributed by atoms with E-state index in [1.165, 1.54) is 0 Å². The summed E-state index contributed by atoms with van der Waals surface area (Å²) < 4.78 is 10.7. The summed E-state index contributed by atoms with van der Waals surface area (Å²) in [5.74, 6) is 0.346. The first kappa shape index (κ1) is 12.6. The van der Waals surface area contributed by atoms with E-state index < -0.39 is 0 Å². The van der Waals surface area contributed by atoms with E-state index >= 15 is 0 Å². The van der Waals surface area contributed by atoms with Crippen molar-refractivity contribution in [1.82, 2.24) is 0 Å². The molecule has 1 aromatic carbocycles. The summed E-state index contributed by atoms with van der Waals surface area (Å²) in [6.07, 6.45) is 0. The fourth-order valence-corrected chi connectivity index (χ4v) is 2.59. The molecule has 0 atom stereocenters. The molecular weight excluding hydrogens is 244 g/mol. The highest BCUT2D eigenvalue weighted by Crippen LogP contribution is 2.32. The summed E-state index contributed by atoms with van der Waals surface area (Å²) >= 11 is 0. The molecule has 2 heterocycles. The zero-order valence-electron chi connectivity index (χ0n) is 11.0. The van der Waals surface area contributed by atoms with Crippen LogP contribution in [0.1, 0.15) is 0 Å². The van der Waals surface area contributed by atoms with Gasteiger partial charge in [-0.2, -0.15) is 0 Å². The smallest absolute Gasteiger partial charge is 0.139 e. The van der Waals surface area contributed by atoms with Gasteiger partial charge in [0.2, 0.25) is 0 Å². The number of nitrogens with zero attached hydrogens (tertiary/aromatic N) is 2. The summed E-state index contributed by atoms with van der Waals surface area (Å²) in [6, 6.07) is 5.84. The number of ether oxygens (including phenoxy) is 2. The molecule has 1 aromatic rings. The molecular formula is C14H20N2O3. The third-order valence-electron chi connectivity index (χ3n) is 3.69. The van der Waals surface area contributed by atoms with E-state index in [2.05, 4.69) is 15.9 Å². The predicted octanol–water partition coefficient (Wildman–Crippen LogP) is 1.07. The van der Waals surface area contributed by atoms with Gasteiger partial charge in [-0.05, 0) is 18.2 Å². The first-order valence-corrected chi connectivity index (χ1v) is 6.83. The number of benzene rings is 1. The highest BCUT2D eigenvalue weighted by molar-refractivity contribution is 5.66. The molecule has 0 spiro atoms. The Morgan fingerprint density at radius 1 is 0.842 bits per heavy atom. The van der Waals surface area contributed by atoms with Crippen molar-refractivity contribution in [1.29, 1.82) is 0 Å². The third kappa shape index (κ3) is 2.77. The van der Waals surface area contributed by atoms with Gasteiger partial charge in [-0.25, -0.2) is 0 Å². The monoisotopic (exact) mass is 264 g/mol. The van der Waals surface area contributed by atoms with Crippen molar-refractivity contribution in [3.05, 3.63) is 18.2 Å². The molecule has 0 aliphatic carbocycles. The van der Waals surface area contributed by atoms with Crippen LogP contribution in [0, 0.1) is 0 Å². The maximum absolute atomic E-state index is 10.1. The van der Waals surface area contributed by atoms with Crippen molar-refractivity contribution in [3.8, 4) is 5.75 Å². The van der Waals surface area contributed by atoms with E-state index in [1.807, 2.05) is 6.07 Å². The largest absolute Gasteiger partial charge is 0.506 e. The molecule has 2 fully saturated rings.